The van der Waals surface area contributed by atoms with Crippen molar-refractivity contribution in [3.05, 3.63) is 188 Å². The normalized spacial score (nSPS) is 16.8. The molecule has 14 rings (SSSR count). The molecule has 2 unspecified atom stereocenters. The molecule has 9 aromatic rings. The van der Waals surface area contributed by atoms with Crippen molar-refractivity contribution in [3.8, 4) is 0 Å². The minimum atomic E-state index is -0.886. The number of nitrogens with zero attached hydrogens (tertiary/aromatic N) is 8. The lowest BCUT2D eigenvalue weighted by Gasteiger charge is -2.43. The molecule has 67 heavy (non-hydrogen) atoms. The molecule has 0 saturated carbocycles. The van der Waals surface area contributed by atoms with Crippen LogP contribution in [0.25, 0.3) is 32.3 Å². The molecule has 6 aromatic carbocycles. The van der Waals surface area contributed by atoms with Crippen LogP contribution >= 0.6 is 0 Å². The van der Waals surface area contributed by atoms with Crippen LogP contribution in [0.4, 0.5) is 23.0 Å². The molecule has 328 valence electrons. The summed E-state index contributed by atoms with van der Waals surface area (Å²) in [5.74, 6) is 1.83. The summed E-state index contributed by atoms with van der Waals surface area (Å²) in [5, 5.41) is 12.2. The van der Waals surface area contributed by atoms with Gasteiger partial charge in [-0.2, -0.15) is 4.58 Å². The Labute approximate surface area is 385 Å². The van der Waals surface area contributed by atoms with Gasteiger partial charge in [-0.05, 0) is 80.9 Å². The first-order chi connectivity index (χ1) is 32.4. The second kappa shape index (κ2) is 14.4. The van der Waals surface area contributed by atoms with E-state index in [1.54, 1.807) is 0 Å². The van der Waals surface area contributed by atoms with Crippen LogP contribution in [0.1, 0.15) is 64.5 Å². The summed E-state index contributed by atoms with van der Waals surface area (Å²) in [4.78, 5) is 43.6. The fourth-order valence-electron chi connectivity index (χ4n) is 11.2. The number of carbonyl (C=O) groups is 2. The zero-order chi connectivity index (χ0) is 46.2. The first-order valence-electron chi connectivity index (χ1n) is 22.6. The van der Waals surface area contributed by atoms with Crippen LogP contribution in [0, 0.1) is 41.5 Å². The fraction of sp³-hybridized carbons (Fsp3) is 0.182. The van der Waals surface area contributed by atoms with E-state index in [1.807, 2.05) is 27.7 Å². The number of hydrogen-bond acceptors (Lipinski definition) is 6. The van der Waals surface area contributed by atoms with E-state index in [4.69, 9.17) is 20.0 Å². The third-order valence-corrected chi connectivity index (χ3v) is 13.5. The van der Waals surface area contributed by atoms with Crippen LogP contribution < -0.4 is 32.6 Å². The quantitative estimate of drug-likeness (QED) is 0.169. The van der Waals surface area contributed by atoms with Gasteiger partial charge in [0.05, 0.1) is 10.9 Å². The number of aryl methyl sites for hydroxylation is 6. The van der Waals surface area contributed by atoms with E-state index in [9.17, 15) is 9.59 Å². The predicted octanol–water partition coefficient (Wildman–Crippen LogP) is 8.62. The Kier molecular flexibility index (Phi) is 8.64. The van der Waals surface area contributed by atoms with Gasteiger partial charge in [-0.15, -0.1) is 0 Å². The summed E-state index contributed by atoms with van der Waals surface area (Å²) in [7, 11) is 0. The average molecular weight is 880 g/mol. The van der Waals surface area contributed by atoms with Gasteiger partial charge in [0.2, 0.25) is 18.0 Å². The molecule has 2 amide bonds. The lowest BCUT2D eigenvalue weighted by molar-refractivity contribution is -0.694. The molecular formula is C55H47N10O2+. The maximum Gasteiger partial charge on any atom is 0.373 e. The van der Waals surface area contributed by atoms with Crippen LogP contribution in [0.3, 0.4) is 0 Å². The Morgan fingerprint density at radius 2 is 0.896 bits per heavy atom. The van der Waals surface area contributed by atoms with Crippen molar-refractivity contribution in [2.75, 3.05) is 10.6 Å². The van der Waals surface area contributed by atoms with Crippen molar-refractivity contribution in [2.45, 2.75) is 67.5 Å². The number of amides is 2. The van der Waals surface area contributed by atoms with Gasteiger partial charge < -0.3 is 10.6 Å². The smallest absolute Gasteiger partial charge is 0.326 e. The van der Waals surface area contributed by atoms with Crippen molar-refractivity contribution >= 4 is 73.0 Å². The zero-order valence-electron chi connectivity index (χ0n) is 38.5. The predicted molar refractivity (Wildman–Crippen MR) is 262 cm³/mol. The SMILES string of the molecule is CC(=O)Nc1c(C)cc(C)cc1C.CC(=O)Nc1c(C)cc(C)cc1C.c1ccc2c(c1)C1=[N+]3C2N=c2c4ccccc4c4n2C32n3c(c5ccccc5c3N=4)N=c3c4ccccc4c(n32)=N1. The van der Waals surface area contributed by atoms with Gasteiger partial charge in [-0.25, -0.2) is 28.7 Å². The number of anilines is 2. The Morgan fingerprint density at radius 3 is 1.36 bits per heavy atom. The third-order valence-electron chi connectivity index (χ3n) is 13.5. The fourth-order valence-corrected chi connectivity index (χ4v) is 11.2. The molecule has 0 radical (unpaired) electrons. The number of rotatable bonds is 2. The van der Waals surface area contributed by atoms with E-state index >= 15 is 0 Å². The summed E-state index contributed by atoms with van der Waals surface area (Å²) >= 11 is 0. The zero-order valence-corrected chi connectivity index (χ0v) is 38.5. The van der Waals surface area contributed by atoms with Crippen molar-refractivity contribution in [2.24, 2.45) is 20.0 Å². The van der Waals surface area contributed by atoms with Gasteiger partial charge in [0, 0.05) is 57.7 Å². The van der Waals surface area contributed by atoms with E-state index in [0.29, 0.717) is 0 Å². The van der Waals surface area contributed by atoms with Crippen LogP contribution in [-0.4, -0.2) is 35.9 Å². The van der Waals surface area contributed by atoms with Crippen LogP contribution in [0.15, 0.2) is 141 Å². The summed E-state index contributed by atoms with van der Waals surface area (Å²) in [6, 6.07) is 42.4. The molecule has 5 aliphatic rings. The van der Waals surface area contributed by atoms with Crippen LogP contribution in [-0.2, 0) is 15.5 Å². The molecule has 0 bridgehead atoms. The number of fused-ring (bicyclic) bond motifs is 12. The largest absolute Gasteiger partial charge is 0.373 e. The van der Waals surface area contributed by atoms with Crippen molar-refractivity contribution in [3.63, 3.8) is 0 Å². The van der Waals surface area contributed by atoms with Crippen LogP contribution in [0.2, 0.25) is 0 Å². The maximum absolute atomic E-state index is 10.9. The third kappa shape index (κ3) is 5.56. The lowest BCUT2D eigenvalue weighted by Crippen LogP contribution is -2.72. The standard InChI is InChI=1S/C33H17N8.2C11H15NO/c1-2-10-18-17(9-1)25-34-27-19-11-3-4-12-20(19)29-36-31-23-15-7-8-16-24(23)32-37-30-22-14-6-5-13-21(22)28-35-26(18)38(25)33(39(27)29,40(28)30)41(31)32;2*1-7-5-8(2)11(9(3)6-7)12-10(4)13/h1-16,25H;2*5-6H,1-4H3,(H,12,13)/q+1;;. The Hall–Kier alpha value is -8.25. The molecule has 5 aliphatic heterocycles. The highest BCUT2D eigenvalue weighted by Gasteiger charge is 2.64. The minimum Gasteiger partial charge on any atom is -0.326 e. The number of hydrogen-bond donors (Lipinski definition) is 2. The molecule has 0 saturated heterocycles. The van der Waals surface area contributed by atoms with Crippen LogP contribution in [0.5, 0.6) is 0 Å². The highest BCUT2D eigenvalue weighted by Crippen LogP contribution is 2.50. The average Bonchev–Trinajstić information content (AvgIpc) is 4.02. The summed E-state index contributed by atoms with van der Waals surface area (Å²) in [5.41, 5.74) is 14.8. The molecule has 12 heteroatoms. The van der Waals surface area contributed by atoms with Gasteiger partial charge in [-0.3, -0.25) is 9.59 Å². The highest BCUT2D eigenvalue weighted by molar-refractivity contribution is 6.03. The Morgan fingerprint density at radius 1 is 0.507 bits per heavy atom. The molecule has 2 N–H and O–H groups in total. The van der Waals surface area contributed by atoms with Crippen molar-refractivity contribution in [1.82, 2.24) is 13.7 Å². The minimum absolute atomic E-state index is 0.0185. The molecule has 12 nitrogen and oxygen atoms in total. The van der Waals surface area contributed by atoms with E-state index in [2.05, 4.69) is 164 Å². The monoisotopic (exact) mass is 879 g/mol. The molecular weight excluding hydrogens is 833 g/mol. The summed E-state index contributed by atoms with van der Waals surface area (Å²) in [6.07, 6.45) is -0.252. The molecule has 2 atom stereocenters. The lowest BCUT2D eigenvalue weighted by atomic mass is 10.1. The van der Waals surface area contributed by atoms with Gasteiger partial charge >= 0.3 is 11.7 Å². The van der Waals surface area contributed by atoms with Gasteiger partial charge in [-0.1, -0.05) is 120 Å². The van der Waals surface area contributed by atoms with Crippen molar-refractivity contribution < 1.29 is 14.2 Å². The second-order valence-corrected chi connectivity index (χ2v) is 18.2. The molecule has 8 heterocycles. The summed E-state index contributed by atoms with van der Waals surface area (Å²) in [6.45, 7) is 15.2. The number of benzene rings is 6. The first-order valence-corrected chi connectivity index (χ1v) is 22.6. The number of nitrogens with one attached hydrogen (secondary N) is 2. The van der Waals surface area contributed by atoms with Gasteiger partial charge in [0.15, 0.2) is 22.6 Å². The van der Waals surface area contributed by atoms with E-state index < -0.39 is 5.91 Å². The van der Waals surface area contributed by atoms with Gasteiger partial charge in [0.25, 0.3) is 5.49 Å². The molecule has 1 spiro atoms. The number of aromatic nitrogens is 3. The first kappa shape index (κ1) is 40.3. The highest BCUT2D eigenvalue weighted by atomic mass is 16.2. The molecule has 3 aromatic heterocycles. The Balaban J connectivity index is 0.000000149. The maximum atomic E-state index is 10.9. The summed E-state index contributed by atoms with van der Waals surface area (Å²) < 4.78 is 9.47. The van der Waals surface area contributed by atoms with E-state index in [1.165, 1.54) is 30.5 Å². The topological polar surface area (TPSA) is 125 Å². The van der Waals surface area contributed by atoms with Crippen molar-refractivity contribution in [1.29, 1.82) is 0 Å². The Bertz CT molecular complexity index is 3890. The second-order valence-electron chi connectivity index (χ2n) is 18.2. The van der Waals surface area contributed by atoms with E-state index in [-0.39, 0.29) is 18.0 Å². The van der Waals surface area contributed by atoms with E-state index in [0.717, 1.165) is 111 Å². The molecule has 0 aliphatic carbocycles. The van der Waals surface area contributed by atoms with Gasteiger partial charge in [0.1, 0.15) is 5.49 Å². The molecule has 0 fully saturated rings. The number of amidine groups is 1. The number of carbonyl (C=O) groups excluding carboxylic acids is 2.